The van der Waals surface area contributed by atoms with Crippen LogP contribution in [0.4, 0.5) is 0 Å². The maximum atomic E-state index is 12.1. The number of sulfonamides is 1. The lowest BCUT2D eigenvalue weighted by molar-refractivity contribution is 0.312. The van der Waals surface area contributed by atoms with Gasteiger partial charge in [0.05, 0.1) is 17.5 Å². The molecule has 0 aliphatic heterocycles. The van der Waals surface area contributed by atoms with Crippen LogP contribution in [0.5, 0.6) is 5.75 Å². The van der Waals surface area contributed by atoms with Gasteiger partial charge in [-0.25, -0.2) is 8.42 Å². The third-order valence-corrected chi connectivity index (χ3v) is 4.18. The Morgan fingerprint density at radius 2 is 1.89 bits per heavy atom. The number of oxime groups is 1. The predicted octanol–water partition coefficient (Wildman–Crippen LogP) is 0.499. The van der Waals surface area contributed by atoms with Gasteiger partial charge < -0.3 is 15.7 Å². The zero-order chi connectivity index (χ0) is 14.7. The van der Waals surface area contributed by atoms with Crippen molar-refractivity contribution in [1.29, 1.82) is 0 Å². The minimum absolute atomic E-state index is 0.0621. The van der Waals surface area contributed by atoms with Crippen LogP contribution in [0.3, 0.4) is 0 Å². The normalized spacial score (nSPS) is 13.3. The maximum absolute atomic E-state index is 12.1. The first-order valence-corrected chi connectivity index (χ1v) is 6.87. The van der Waals surface area contributed by atoms with Crippen LogP contribution in [0, 0.1) is 0 Å². The second-order valence-electron chi connectivity index (χ2n) is 4.39. The lowest BCUT2D eigenvalue weighted by atomic mass is 10.1. The summed E-state index contributed by atoms with van der Waals surface area (Å²) in [5.41, 5.74) is 4.23. The number of hydrogen-bond acceptors (Lipinski definition) is 5. The van der Waals surface area contributed by atoms with Crippen molar-refractivity contribution in [2.75, 3.05) is 7.11 Å². The first kappa shape index (κ1) is 15.3. The smallest absolute Gasteiger partial charge is 0.241 e. The van der Waals surface area contributed by atoms with E-state index in [1.807, 2.05) is 0 Å². The Morgan fingerprint density at radius 3 is 2.32 bits per heavy atom. The van der Waals surface area contributed by atoms with E-state index in [-0.39, 0.29) is 10.7 Å². The molecule has 106 valence electrons. The summed E-state index contributed by atoms with van der Waals surface area (Å²) < 4.78 is 31.6. The van der Waals surface area contributed by atoms with Gasteiger partial charge in [-0.1, -0.05) is 5.16 Å². The molecular weight excluding hydrogens is 270 g/mol. The highest BCUT2D eigenvalue weighted by atomic mass is 32.2. The fourth-order valence-electron chi connectivity index (χ4n) is 1.33. The minimum Gasteiger partial charge on any atom is -0.497 e. The van der Waals surface area contributed by atoms with Gasteiger partial charge in [0.15, 0.2) is 5.84 Å². The zero-order valence-electron chi connectivity index (χ0n) is 10.9. The third kappa shape index (κ3) is 3.58. The molecule has 0 saturated carbocycles. The molecule has 1 rings (SSSR count). The number of ether oxygens (including phenoxy) is 1. The Balaban J connectivity index is 3.04. The van der Waals surface area contributed by atoms with Gasteiger partial charge in [0.1, 0.15) is 5.75 Å². The third-order valence-electron chi connectivity index (χ3n) is 2.51. The lowest BCUT2D eigenvalue weighted by Crippen LogP contribution is -2.52. The van der Waals surface area contributed by atoms with Crippen molar-refractivity contribution < 1.29 is 18.4 Å². The molecule has 0 unspecified atom stereocenters. The van der Waals surface area contributed by atoms with Crippen molar-refractivity contribution in [1.82, 2.24) is 4.72 Å². The number of rotatable bonds is 5. The standard InChI is InChI=1S/C11H17N3O4S/c1-11(2,10(12)13-15)14-19(16,17)9-6-4-8(18-3)5-7-9/h4-7,14-15H,1-3H3,(H2,12,13). The van der Waals surface area contributed by atoms with Crippen molar-refractivity contribution >= 4 is 15.9 Å². The van der Waals surface area contributed by atoms with Crippen LogP contribution >= 0.6 is 0 Å². The number of methoxy groups -OCH3 is 1. The summed E-state index contributed by atoms with van der Waals surface area (Å²) in [6.07, 6.45) is 0. The molecule has 0 aromatic heterocycles. The Bertz CT molecular complexity index is 564. The summed E-state index contributed by atoms with van der Waals surface area (Å²) in [5.74, 6) is 0.319. The van der Waals surface area contributed by atoms with E-state index < -0.39 is 15.6 Å². The van der Waals surface area contributed by atoms with Gasteiger partial charge >= 0.3 is 0 Å². The van der Waals surface area contributed by atoms with Crippen LogP contribution in [0.25, 0.3) is 0 Å². The van der Waals surface area contributed by atoms with Gasteiger partial charge in [-0.3, -0.25) is 0 Å². The van der Waals surface area contributed by atoms with E-state index in [1.165, 1.54) is 45.2 Å². The van der Waals surface area contributed by atoms with Gasteiger partial charge in [0.2, 0.25) is 10.0 Å². The molecule has 0 aliphatic rings. The summed E-state index contributed by atoms with van der Waals surface area (Å²) in [7, 11) is -2.29. The molecule has 0 bridgehead atoms. The molecule has 0 heterocycles. The molecule has 1 aromatic carbocycles. The average molecular weight is 287 g/mol. The molecule has 0 saturated heterocycles. The number of nitrogens with zero attached hydrogens (tertiary/aromatic N) is 1. The van der Waals surface area contributed by atoms with Gasteiger partial charge in [0, 0.05) is 0 Å². The van der Waals surface area contributed by atoms with Crippen LogP contribution in [0.2, 0.25) is 0 Å². The van der Waals surface area contributed by atoms with Crippen LogP contribution < -0.4 is 15.2 Å². The molecule has 4 N–H and O–H groups in total. The Labute approximate surface area is 112 Å². The van der Waals surface area contributed by atoms with Crippen LogP contribution in [0.15, 0.2) is 34.3 Å². The van der Waals surface area contributed by atoms with Gasteiger partial charge in [-0.2, -0.15) is 4.72 Å². The molecule has 0 atom stereocenters. The summed E-state index contributed by atoms with van der Waals surface area (Å²) in [6, 6.07) is 5.88. The Morgan fingerprint density at radius 1 is 1.37 bits per heavy atom. The summed E-state index contributed by atoms with van der Waals surface area (Å²) in [6.45, 7) is 2.98. The van der Waals surface area contributed by atoms with Gasteiger partial charge in [0.25, 0.3) is 0 Å². The van der Waals surface area contributed by atoms with Crippen LogP contribution in [-0.4, -0.2) is 32.1 Å². The van der Waals surface area contributed by atoms with E-state index in [4.69, 9.17) is 15.7 Å². The van der Waals surface area contributed by atoms with Crippen molar-refractivity contribution in [3.63, 3.8) is 0 Å². The van der Waals surface area contributed by atoms with E-state index in [2.05, 4.69) is 9.88 Å². The quantitative estimate of drug-likeness (QED) is 0.316. The molecule has 7 nitrogen and oxygen atoms in total. The lowest BCUT2D eigenvalue weighted by Gasteiger charge is -2.24. The largest absolute Gasteiger partial charge is 0.497 e. The first-order valence-electron chi connectivity index (χ1n) is 5.39. The van der Waals surface area contributed by atoms with E-state index in [0.717, 1.165) is 0 Å². The van der Waals surface area contributed by atoms with Crippen molar-refractivity contribution in [2.24, 2.45) is 10.9 Å². The van der Waals surface area contributed by atoms with E-state index in [1.54, 1.807) is 0 Å². The maximum Gasteiger partial charge on any atom is 0.241 e. The van der Waals surface area contributed by atoms with Crippen LogP contribution in [0.1, 0.15) is 13.8 Å². The van der Waals surface area contributed by atoms with Crippen molar-refractivity contribution in [2.45, 2.75) is 24.3 Å². The molecule has 8 heteroatoms. The number of amidine groups is 1. The number of benzene rings is 1. The molecule has 0 aliphatic carbocycles. The Kier molecular flexibility index (Phi) is 4.38. The van der Waals surface area contributed by atoms with Gasteiger partial charge in [-0.15, -0.1) is 0 Å². The highest BCUT2D eigenvalue weighted by Crippen LogP contribution is 2.17. The second kappa shape index (κ2) is 5.45. The first-order chi connectivity index (χ1) is 8.73. The summed E-state index contributed by atoms with van der Waals surface area (Å²) in [5, 5.41) is 11.4. The number of nitrogens with two attached hydrogens (primary N) is 1. The molecular formula is C11H17N3O4S. The van der Waals surface area contributed by atoms with Gasteiger partial charge in [-0.05, 0) is 38.1 Å². The number of hydrogen-bond donors (Lipinski definition) is 3. The minimum atomic E-state index is -3.78. The highest BCUT2D eigenvalue weighted by Gasteiger charge is 2.30. The van der Waals surface area contributed by atoms with E-state index in [9.17, 15) is 8.42 Å². The molecule has 0 amide bonds. The average Bonchev–Trinajstić information content (AvgIpc) is 2.36. The van der Waals surface area contributed by atoms with Crippen molar-refractivity contribution in [3.8, 4) is 5.75 Å². The SMILES string of the molecule is COc1ccc(S(=O)(=O)NC(C)(C)/C(N)=N/O)cc1. The summed E-state index contributed by atoms with van der Waals surface area (Å²) in [4.78, 5) is 0.0621. The molecule has 0 radical (unpaired) electrons. The summed E-state index contributed by atoms with van der Waals surface area (Å²) >= 11 is 0. The molecule has 19 heavy (non-hydrogen) atoms. The predicted molar refractivity (Wildman–Crippen MR) is 70.8 cm³/mol. The highest BCUT2D eigenvalue weighted by molar-refractivity contribution is 7.89. The van der Waals surface area contributed by atoms with E-state index in [0.29, 0.717) is 5.75 Å². The zero-order valence-corrected chi connectivity index (χ0v) is 11.7. The monoisotopic (exact) mass is 287 g/mol. The topological polar surface area (TPSA) is 114 Å². The van der Waals surface area contributed by atoms with E-state index >= 15 is 0 Å². The van der Waals surface area contributed by atoms with Crippen molar-refractivity contribution in [3.05, 3.63) is 24.3 Å². The van der Waals surface area contributed by atoms with Crippen LogP contribution in [-0.2, 0) is 10.0 Å². The number of nitrogens with one attached hydrogen (secondary N) is 1. The Hall–Kier alpha value is -1.80. The second-order valence-corrected chi connectivity index (χ2v) is 6.07. The fourth-order valence-corrected chi connectivity index (χ4v) is 2.72. The molecule has 0 spiro atoms. The molecule has 1 aromatic rings. The molecule has 0 fully saturated rings. The fraction of sp³-hybridized carbons (Fsp3) is 0.364.